The number of benzene rings is 2. The minimum absolute atomic E-state index is 0.205. The number of hydrogen-bond donors (Lipinski definition) is 2. The Bertz CT molecular complexity index is 846. The van der Waals surface area contributed by atoms with Gasteiger partial charge in [-0.05, 0) is 48.7 Å². The number of carbonyl (C=O) groups excluding carboxylic acids is 3. The lowest BCUT2D eigenvalue weighted by Gasteiger charge is -2.10. The Morgan fingerprint density at radius 2 is 1.92 bits per heavy atom. The summed E-state index contributed by atoms with van der Waals surface area (Å²) < 4.78 is 13.3. The van der Waals surface area contributed by atoms with Gasteiger partial charge in [0.1, 0.15) is 5.82 Å². The number of aryl methyl sites for hydroxylation is 1. The summed E-state index contributed by atoms with van der Waals surface area (Å²) in [6.45, 7) is 1.74. The minimum Gasteiger partial charge on any atom is -0.322 e. The Hall–Kier alpha value is -3.02. The Labute approximate surface area is 144 Å². The van der Waals surface area contributed by atoms with Gasteiger partial charge < -0.3 is 5.32 Å². The Kier molecular flexibility index (Phi) is 4.61. The first kappa shape index (κ1) is 16.8. The maximum atomic E-state index is 13.3. The molecular formula is C19H17FN2O3. The highest BCUT2D eigenvalue weighted by Crippen LogP contribution is 2.19. The lowest BCUT2D eigenvalue weighted by Crippen LogP contribution is -2.22. The Morgan fingerprint density at radius 1 is 1.20 bits per heavy atom. The molecule has 1 aliphatic rings. The highest BCUT2D eigenvalue weighted by atomic mass is 19.1. The summed E-state index contributed by atoms with van der Waals surface area (Å²) in [4.78, 5) is 35.1. The maximum Gasteiger partial charge on any atom is 0.256 e. The smallest absolute Gasteiger partial charge is 0.256 e. The predicted octanol–water partition coefficient (Wildman–Crippen LogP) is 2.59. The predicted molar refractivity (Wildman–Crippen MR) is 90.5 cm³/mol. The van der Waals surface area contributed by atoms with Crippen molar-refractivity contribution in [3.05, 3.63) is 65.0 Å². The second-order valence-electron chi connectivity index (χ2n) is 6.13. The summed E-state index contributed by atoms with van der Waals surface area (Å²) in [5.41, 5.74) is 2.44. The van der Waals surface area contributed by atoms with Crippen LogP contribution in [-0.4, -0.2) is 17.7 Å². The second kappa shape index (κ2) is 6.84. The van der Waals surface area contributed by atoms with Crippen molar-refractivity contribution < 1.29 is 18.8 Å². The number of rotatable bonds is 4. The first-order chi connectivity index (χ1) is 11.9. The third-order valence-corrected chi connectivity index (χ3v) is 4.20. The molecule has 3 amide bonds. The zero-order valence-electron chi connectivity index (χ0n) is 13.6. The molecule has 0 aromatic heterocycles. The van der Waals surface area contributed by atoms with Crippen molar-refractivity contribution in [1.82, 2.24) is 5.32 Å². The van der Waals surface area contributed by atoms with Gasteiger partial charge in [0.15, 0.2) is 0 Å². The summed E-state index contributed by atoms with van der Waals surface area (Å²) in [6.07, 6.45) is 0.672. The van der Waals surface area contributed by atoms with Crippen LogP contribution in [0.5, 0.6) is 0 Å². The topological polar surface area (TPSA) is 75.3 Å². The van der Waals surface area contributed by atoms with Crippen LogP contribution in [0.4, 0.5) is 10.1 Å². The lowest BCUT2D eigenvalue weighted by atomic mass is 9.98. The summed E-state index contributed by atoms with van der Waals surface area (Å²) in [7, 11) is 0. The van der Waals surface area contributed by atoms with E-state index in [0.29, 0.717) is 17.7 Å². The first-order valence-electron chi connectivity index (χ1n) is 7.92. The molecular weight excluding hydrogens is 323 g/mol. The van der Waals surface area contributed by atoms with E-state index in [2.05, 4.69) is 10.6 Å². The molecule has 1 aliphatic heterocycles. The van der Waals surface area contributed by atoms with Crippen molar-refractivity contribution >= 4 is 23.4 Å². The van der Waals surface area contributed by atoms with Crippen molar-refractivity contribution in [3.8, 4) is 0 Å². The molecule has 3 rings (SSSR count). The van der Waals surface area contributed by atoms with Crippen LogP contribution in [0.3, 0.4) is 0 Å². The van der Waals surface area contributed by atoms with Gasteiger partial charge in [-0.15, -0.1) is 0 Å². The van der Waals surface area contributed by atoms with Gasteiger partial charge in [0.25, 0.3) is 5.91 Å². The monoisotopic (exact) mass is 340 g/mol. The molecule has 0 radical (unpaired) electrons. The third-order valence-electron chi connectivity index (χ3n) is 4.20. The molecule has 0 aliphatic carbocycles. The van der Waals surface area contributed by atoms with Crippen molar-refractivity contribution in [2.75, 3.05) is 5.32 Å². The van der Waals surface area contributed by atoms with Crippen molar-refractivity contribution in [1.29, 1.82) is 0 Å². The molecule has 25 heavy (non-hydrogen) atoms. The molecule has 0 saturated carbocycles. The van der Waals surface area contributed by atoms with E-state index < -0.39 is 5.82 Å². The second-order valence-corrected chi connectivity index (χ2v) is 6.13. The molecule has 1 fully saturated rings. The minimum atomic E-state index is -0.463. The molecule has 0 bridgehead atoms. The molecule has 1 saturated heterocycles. The zero-order valence-corrected chi connectivity index (χ0v) is 13.6. The average molecular weight is 340 g/mol. The molecule has 2 aromatic rings. The largest absolute Gasteiger partial charge is 0.322 e. The standard InChI is InChI=1S/C19H17FN2O3/c1-11-2-5-14(20)10-16(11)19(25)21-15-6-3-12(4-7-15)8-13-9-17(23)22-18(13)24/h2-7,10,13H,8-9H2,1H3,(H,21,25)(H,22,23,24). The highest BCUT2D eigenvalue weighted by Gasteiger charge is 2.30. The Balaban J connectivity index is 1.66. The van der Waals surface area contributed by atoms with E-state index in [1.54, 1.807) is 37.3 Å². The van der Waals surface area contributed by atoms with E-state index in [0.717, 1.165) is 5.56 Å². The van der Waals surface area contributed by atoms with Crippen LogP contribution in [0, 0.1) is 18.7 Å². The van der Waals surface area contributed by atoms with Crippen molar-refractivity contribution in [3.63, 3.8) is 0 Å². The summed E-state index contributed by atoms with van der Waals surface area (Å²) in [6, 6.07) is 11.1. The molecule has 1 unspecified atom stereocenters. The number of amides is 3. The van der Waals surface area contributed by atoms with Crippen LogP contribution in [0.15, 0.2) is 42.5 Å². The van der Waals surface area contributed by atoms with Crippen LogP contribution in [0.25, 0.3) is 0 Å². The lowest BCUT2D eigenvalue weighted by molar-refractivity contribution is -0.125. The van der Waals surface area contributed by atoms with Crippen LogP contribution in [0.1, 0.15) is 27.9 Å². The summed E-state index contributed by atoms with van der Waals surface area (Å²) >= 11 is 0. The van der Waals surface area contributed by atoms with Crippen LogP contribution < -0.4 is 10.6 Å². The molecule has 1 heterocycles. The number of carbonyl (C=O) groups is 3. The van der Waals surface area contributed by atoms with E-state index in [1.807, 2.05) is 0 Å². The van der Waals surface area contributed by atoms with Crippen LogP contribution in [-0.2, 0) is 16.0 Å². The van der Waals surface area contributed by atoms with Gasteiger partial charge >= 0.3 is 0 Å². The average Bonchev–Trinajstić information content (AvgIpc) is 2.89. The highest BCUT2D eigenvalue weighted by molar-refractivity contribution is 6.05. The number of anilines is 1. The van der Waals surface area contributed by atoms with Gasteiger partial charge in [-0.2, -0.15) is 0 Å². The molecule has 6 heteroatoms. The van der Waals surface area contributed by atoms with E-state index in [1.165, 1.54) is 12.1 Å². The third kappa shape index (κ3) is 3.91. The zero-order chi connectivity index (χ0) is 18.0. The quantitative estimate of drug-likeness (QED) is 0.840. The molecule has 2 aromatic carbocycles. The van der Waals surface area contributed by atoms with E-state index in [-0.39, 0.29) is 35.6 Å². The number of imide groups is 1. The van der Waals surface area contributed by atoms with Gasteiger partial charge in [-0.3, -0.25) is 19.7 Å². The normalized spacial score (nSPS) is 16.6. The van der Waals surface area contributed by atoms with Crippen molar-refractivity contribution in [2.45, 2.75) is 19.8 Å². The number of nitrogens with one attached hydrogen (secondary N) is 2. The van der Waals surface area contributed by atoms with Gasteiger partial charge in [-0.25, -0.2) is 4.39 Å². The van der Waals surface area contributed by atoms with E-state index in [9.17, 15) is 18.8 Å². The number of halogens is 1. The van der Waals surface area contributed by atoms with Gasteiger partial charge in [-0.1, -0.05) is 18.2 Å². The SMILES string of the molecule is Cc1ccc(F)cc1C(=O)Nc1ccc(CC2CC(=O)NC2=O)cc1. The first-order valence-corrected chi connectivity index (χ1v) is 7.92. The summed E-state index contributed by atoms with van der Waals surface area (Å²) in [5, 5.41) is 5.01. The van der Waals surface area contributed by atoms with Crippen LogP contribution in [0.2, 0.25) is 0 Å². The van der Waals surface area contributed by atoms with Crippen molar-refractivity contribution in [2.24, 2.45) is 5.92 Å². The van der Waals surface area contributed by atoms with Gasteiger partial charge in [0.2, 0.25) is 11.8 Å². The van der Waals surface area contributed by atoms with Crippen LogP contribution >= 0.6 is 0 Å². The molecule has 0 spiro atoms. The van der Waals surface area contributed by atoms with Gasteiger partial charge in [0.05, 0.1) is 5.92 Å². The molecule has 5 nitrogen and oxygen atoms in total. The molecule has 1 atom stereocenters. The molecule has 2 N–H and O–H groups in total. The number of hydrogen-bond acceptors (Lipinski definition) is 3. The molecule has 128 valence electrons. The fourth-order valence-electron chi connectivity index (χ4n) is 2.82. The van der Waals surface area contributed by atoms with E-state index in [4.69, 9.17) is 0 Å². The fraction of sp³-hybridized carbons (Fsp3) is 0.211. The van der Waals surface area contributed by atoms with Gasteiger partial charge in [0, 0.05) is 17.7 Å². The fourth-order valence-corrected chi connectivity index (χ4v) is 2.82. The van der Waals surface area contributed by atoms with E-state index >= 15 is 0 Å². The maximum absolute atomic E-state index is 13.3. The Morgan fingerprint density at radius 3 is 2.56 bits per heavy atom. The summed E-state index contributed by atoms with van der Waals surface area (Å²) in [5.74, 6) is -1.68.